The predicted molar refractivity (Wildman–Crippen MR) is 269 cm³/mol. The number of fused-ring (bicyclic) bond motifs is 7. The van der Waals surface area contributed by atoms with E-state index < -0.39 is 23.6 Å². The average molecular weight is 911 g/mol. The number of ketones is 1. The molecule has 10 nitrogen and oxygen atoms in total. The molecule has 7 atom stereocenters. The minimum Gasteiger partial charge on any atom is -0.681 e. The summed E-state index contributed by atoms with van der Waals surface area (Å²) in [6.45, 7) is 25.9. The van der Waals surface area contributed by atoms with Crippen molar-refractivity contribution in [2.75, 3.05) is 13.7 Å². The van der Waals surface area contributed by atoms with Crippen molar-refractivity contribution in [1.82, 2.24) is 9.97 Å². The van der Waals surface area contributed by atoms with Crippen molar-refractivity contribution in [1.29, 1.82) is 0 Å². The summed E-state index contributed by atoms with van der Waals surface area (Å²) in [6.07, 6.45) is 22.1. The molecule has 5 heterocycles. The number of hydrogen-bond donors (Lipinski definition) is 1. The van der Waals surface area contributed by atoms with E-state index in [2.05, 4.69) is 55.0 Å². The molecule has 354 valence electrons. The molecule has 2 aromatic rings. The van der Waals surface area contributed by atoms with Crippen LogP contribution in [-0.2, 0) is 19.1 Å². The van der Waals surface area contributed by atoms with E-state index in [1.54, 1.807) is 6.08 Å². The van der Waals surface area contributed by atoms with Gasteiger partial charge >= 0.3 is 35.0 Å². The Morgan fingerprint density at radius 2 is 1.62 bits per heavy atom. The fourth-order valence-electron chi connectivity index (χ4n) is 10.5. The van der Waals surface area contributed by atoms with E-state index in [1.165, 1.54) is 57.6 Å². The number of nitrogens with two attached hydrogens (primary N) is 1. The molecule has 11 heteroatoms. The molecule has 4 aliphatic rings. The number of ether oxygens (including phenoxy) is 2. The number of rotatable bonds is 20. The minimum absolute atomic E-state index is 0. The molecule has 2 N–H and O–H groups in total. The van der Waals surface area contributed by atoms with Crippen molar-refractivity contribution in [2.45, 2.75) is 158 Å². The molecule has 0 aromatic carbocycles. The van der Waals surface area contributed by atoms with Crippen molar-refractivity contribution < 1.29 is 23.9 Å². The SMILES string of the molecule is C=Cc1c(C)/c2[n-]/c1=C\[C@]1(N)[N-]/C(=C\c3[n-]c4c(c3C)C(=O)[C@H](C(=O)OC)/C4=C3/[N-]C(\C=2)[C@@H](C)[C@@H]3CCC(=O)OC/C=C(\C)CCC[C@H](C)CCC[C@H](C)CCCC(C)C)C(CC)=C1C.[Mg+2]. The van der Waals surface area contributed by atoms with E-state index in [1.807, 2.05) is 45.1 Å². The Labute approximate surface area is 411 Å². The van der Waals surface area contributed by atoms with Crippen molar-refractivity contribution in [3.05, 3.63) is 95.7 Å². The Bertz CT molecular complexity index is 2390. The maximum absolute atomic E-state index is 14.4. The first kappa shape index (κ1) is 52.9. The maximum Gasteiger partial charge on any atom is 2.00 e. The van der Waals surface area contributed by atoms with Gasteiger partial charge < -0.3 is 35.8 Å². The van der Waals surface area contributed by atoms with E-state index >= 15 is 0 Å². The van der Waals surface area contributed by atoms with Crippen LogP contribution in [0.5, 0.6) is 0 Å². The zero-order valence-corrected chi connectivity index (χ0v) is 43.4. The van der Waals surface area contributed by atoms with Gasteiger partial charge in [0.25, 0.3) is 0 Å². The molecule has 1 fully saturated rings. The van der Waals surface area contributed by atoms with Gasteiger partial charge in [-0.3, -0.25) is 14.4 Å². The average Bonchev–Trinajstić information content (AvgIpc) is 3.98. The smallest absolute Gasteiger partial charge is 0.681 e. The van der Waals surface area contributed by atoms with Gasteiger partial charge in [-0.1, -0.05) is 151 Å². The third-order valence-electron chi connectivity index (χ3n) is 14.8. The second kappa shape index (κ2) is 22.8. The Morgan fingerprint density at radius 1 is 0.955 bits per heavy atom. The van der Waals surface area contributed by atoms with Crippen LogP contribution in [-0.4, -0.2) is 66.2 Å². The van der Waals surface area contributed by atoms with Crippen LogP contribution in [0, 0.1) is 49.4 Å². The van der Waals surface area contributed by atoms with Crippen LogP contribution in [0.2, 0.25) is 0 Å². The fraction of sp³-hybridized carbons (Fsp3) is 0.582. The first-order chi connectivity index (χ1) is 30.9. The Balaban J connectivity index is 0.00000817. The molecule has 1 saturated heterocycles. The number of carbonyl (C=O) groups excluding carboxylic acids is 3. The molecule has 66 heavy (non-hydrogen) atoms. The summed E-state index contributed by atoms with van der Waals surface area (Å²) in [4.78, 5) is 51.6. The van der Waals surface area contributed by atoms with Crippen molar-refractivity contribution >= 4 is 70.7 Å². The van der Waals surface area contributed by atoms with E-state index in [9.17, 15) is 14.4 Å². The molecule has 1 unspecified atom stereocenters. The van der Waals surface area contributed by atoms with Gasteiger partial charge in [0.15, 0.2) is 5.78 Å². The summed E-state index contributed by atoms with van der Waals surface area (Å²) in [5, 5.41) is 11.8. The van der Waals surface area contributed by atoms with Gasteiger partial charge in [0.2, 0.25) is 0 Å². The number of carbonyl (C=O) groups is 3. The number of nitrogens with zero attached hydrogens (tertiary/aromatic N) is 4. The van der Waals surface area contributed by atoms with Gasteiger partial charge in [0.1, 0.15) is 12.5 Å². The van der Waals surface area contributed by atoms with E-state index in [-0.39, 0.29) is 59.7 Å². The predicted octanol–water partition coefficient (Wildman–Crippen LogP) is 10.3. The number of methoxy groups -OCH3 is 1. The van der Waals surface area contributed by atoms with E-state index in [0.717, 1.165) is 52.3 Å². The van der Waals surface area contributed by atoms with Crippen LogP contribution >= 0.6 is 0 Å². The van der Waals surface area contributed by atoms with Crippen LogP contribution < -0.4 is 26.4 Å². The molecular weight excluding hydrogens is 835 g/mol. The monoisotopic (exact) mass is 910 g/mol. The first-order valence-corrected chi connectivity index (χ1v) is 24.4. The molecule has 1 aliphatic carbocycles. The van der Waals surface area contributed by atoms with Gasteiger partial charge in [-0.05, 0) is 100 Å². The second-order valence-corrected chi connectivity index (χ2v) is 20.0. The molecule has 3 aliphatic heterocycles. The standard InChI is InChI=1S/C55H76N5O5.Mg/c1-13-39-35(8)42-28-43-36(9)41(24-25-47(61)65-27-26-34(7)23-17-22-33(6)21-16-20-32(5)19-15-18-31(3)4)51(58-43)49-50(54(63)64-12)53(62)48-37(10)44(59-52(48)49)29-45-40(14-2)38(11)55(56,60-45)30-46(39)57-42;/h13,26,28-33,36,41,43,50H,1,14-25,27,56H2,2-12H3,(H-,58,59,62);/q-3;+2/p-1/b34-26+,42-28-,45-29-,46-30-;/t32-,33-,36+,41+,43?,50-,55+;/m1./s1. The van der Waals surface area contributed by atoms with Gasteiger partial charge in [0.05, 0.1) is 7.11 Å². The molecule has 0 amide bonds. The third kappa shape index (κ3) is 11.4. The molecule has 0 saturated carbocycles. The topological polar surface area (TPSA) is 152 Å². The maximum atomic E-state index is 14.4. The largest absolute Gasteiger partial charge is 2.00 e. The Morgan fingerprint density at radius 3 is 2.26 bits per heavy atom. The molecule has 0 spiro atoms. The molecule has 2 aromatic heterocycles. The van der Waals surface area contributed by atoms with Crippen LogP contribution in [0.25, 0.3) is 40.5 Å². The Hall–Kier alpha value is -4.06. The number of esters is 2. The van der Waals surface area contributed by atoms with Crippen LogP contribution in [0.15, 0.2) is 40.8 Å². The van der Waals surface area contributed by atoms with Crippen LogP contribution in [0.4, 0.5) is 0 Å². The third-order valence-corrected chi connectivity index (χ3v) is 14.8. The number of Topliss-reactive ketones (excluding diaryl/α,β-unsaturated/α-hetero) is 1. The molecule has 6 rings (SSSR count). The summed E-state index contributed by atoms with van der Waals surface area (Å²) >= 11 is 0. The summed E-state index contributed by atoms with van der Waals surface area (Å²) in [5.41, 5.74) is 14.6. The number of aromatic nitrogens is 2. The quantitative estimate of drug-likeness (QED) is 0.0597. The second-order valence-electron chi connectivity index (χ2n) is 20.0. The van der Waals surface area contributed by atoms with Crippen molar-refractivity contribution in [3.8, 4) is 0 Å². The van der Waals surface area contributed by atoms with Crippen LogP contribution in [0.3, 0.4) is 0 Å². The molecule has 8 bridgehead atoms. The number of allylic oxidation sites excluding steroid dienone is 3. The normalized spacial score (nSPS) is 26.0. The summed E-state index contributed by atoms with van der Waals surface area (Å²) in [7, 11) is 1.29. The van der Waals surface area contributed by atoms with Crippen LogP contribution in [0.1, 0.15) is 171 Å². The Kier molecular flexibility index (Phi) is 18.3. The molecule has 0 radical (unpaired) electrons. The zero-order valence-electron chi connectivity index (χ0n) is 41.9. The van der Waals surface area contributed by atoms with E-state index in [0.29, 0.717) is 63.6 Å². The van der Waals surface area contributed by atoms with Gasteiger partial charge in [0, 0.05) is 12.0 Å². The minimum atomic E-state index is -1.23. The summed E-state index contributed by atoms with van der Waals surface area (Å²) < 4.78 is 11.1. The zero-order chi connectivity index (χ0) is 47.3. The first-order valence-electron chi connectivity index (χ1n) is 24.4. The van der Waals surface area contributed by atoms with E-state index in [4.69, 9.17) is 35.8 Å². The van der Waals surface area contributed by atoms with Gasteiger partial charge in [-0.2, -0.15) is 5.70 Å². The molecular formula is C55H75MgN5O5-2. The summed E-state index contributed by atoms with van der Waals surface area (Å²) in [5.74, 6) is -0.675. The van der Waals surface area contributed by atoms with Gasteiger partial charge in [-0.15, -0.1) is 33.9 Å². The number of hydrogen-bond acceptors (Lipinski definition) is 6. The fourth-order valence-corrected chi connectivity index (χ4v) is 10.5. The van der Waals surface area contributed by atoms with Crippen molar-refractivity contribution in [3.63, 3.8) is 0 Å². The summed E-state index contributed by atoms with van der Waals surface area (Å²) in [6, 6.07) is -0.391. The van der Waals surface area contributed by atoms with Gasteiger partial charge in [-0.25, -0.2) is 0 Å². The van der Waals surface area contributed by atoms with Crippen molar-refractivity contribution in [2.24, 2.45) is 41.2 Å².